The first-order valence-electron chi connectivity index (χ1n) is 6.75. The van der Waals surface area contributed by atoms with Gasteiger partial charge in [-0.3, -0.25) is 0 Å². The third-order valence-corrected chi connectivity index (χ3v) is 3.89. The topological polar surface area (TPSA) is 18.5 Å². The molecule has 0 aromatic heterocycles. The average Bonchev–Trinajstić information content (AvgIpc) is 2.64. The van der Waals surface area contributed by atoms with Gasteiger partial charge in [0, 0.05) is 6.42 Å². The summed E-state index contributed by atoms with van der Waals surface area (Å²) in [7, 11) is 1.69. The molecule has 2 nitrogen and oxygen atoms in total. The Morgan fingerprint density at radius 3 is 2.60 bits per heavy atom. The molecule has 20 heavy (non-hydrogen) atoms. The van der Waals surface area contributed by atoms with Gasteiger partial charge in [0.05, 0.1) is 11.6 Å². The van der Waals surface area contributed by atoms with Crippen LogP contribution < -0.4 is 0 Å². The first kappa shape index (κ1) is 14.9. The van der Waals surface area contributed by atoms with Crippen LogP contribution in [0.3, 0.4) is 0 Å². The lowest BCUT2D eigenvalue weighted by molar-refractivity contribution is 0.203. The molecule has 1 aromatic rings. The molecule has 0 fully saturated rings. The van der Waals surface area contributed by atoms with Crippen LogP contribution in [0.4, 0.5) is 0 Å². The molecule has 0 radical (unpaired) electrons. The zero-order chi connectivity index (χ0) is 14.4. The molecule has 0 bridgehead atoms. The molecular formula is C17H19BrO2. The summed E-state index contributed by atoms with van der Waals surface area (Å²) in [6.45, 7) is 2.72. The van der Waals surface area contributed by atoms with Gasteiger partial charge in [0.15, 0.2) is 0 Å². The van der Waals surface area contributed by atoms with E-state index < -0.39 is 0 Å². The number of halogens is 1. The molecule has 106 valence electrons. The van der Waals surface area contributed by atoms with E-state index in [0.29, 0.717) is 6.61 Å². The van der Waals surface area contributed by atoms with Crippen molar-refractivity contribution in [2.24, 2.45) is 0 Å². The molecule has 3 heteroatoms. The highest BCUT2D eigenvalue weighted by molar-refractivity contribution is 9.11. The van der Waals surface area contributed by atoms with E-state index in [9.17, 15) is 0 Å². The van der Waals surface area contributed by atoms with Crippen molar-refractivity contribution in [1.82, 2.24) is 0 Å². The predicted octanol–water partition coefficient (Wildman–Crippen LogP) is 5.08. The second kappa shape index (κ2) is 7.34. The Hall–Kier alpha value is -1.48. The fraction of sp³-hybridized carbons (Fsp3) is 0.294. The van der Waals surface area contributed by atoms with Crippen LogP contribution in [-0.2, 0) is 16.1 Å². The Labute approximate surface area is 128 Å². The summed E-state index contributed by atoms with van der Waals surface area (Å²) in [6.07, 6.45) is 5.84. The number of hydrogen-bond donors (Lipinski definition) is 0. The van der Waals surface area contributed by atoms with Crippen LogP contribution in [-0.4, -0.2) is 7.11 Å². The maximum Gasteiger partial charge on any atom is 0.119 e. The number of rotatable bonds is 5. The largest absolute Gasteiger partial charge is 0.500 e. The molecule has 0 atom stereocenters. The molecular weight excluding hydrogens is 316 g/mol. The van der Waals surface area contributed by atoms with Crippen molar-refractivity contribution in [3.8, 4) is 0 Å². The molecule has 2 rings (SSSR count). The summed E-state index contributed by atoms with van der Waals surface area (Å²) >= 11 is 3.56. The van der Waals surface area contributed by atoms with Crippen LogP contribution in [0.5, 0.6) is 0 Å². The van der Waals surface area contributed by atoms with Gasteiger partial charge in [0.25, 0.3) is 0 Å². The van der Waals surface area contributed by atoms with E-state index in [1.54, 1.807) is 7.11 Å². The standard InChI is InChI=1S/C17H19BrO2/c1-3-14-11-15(18)17(19-2)10-9-16(14)20-12-13-7-5-4-6-8-13/h4-9,11H,3,10,12H2,1-2H3. The zero-order valence-corrected chi connectivity index (χ0v) is 13.4. The van der Waals surface area contributed by atoms with Crippen LogP contribution in [0, 0.1) is 0 Å². The van der Waals surface area contributed by atoms with E-state index in [4.69, 9.17) is 9.47 Å². The molecule has 0 saturated heterocycles. The van der Waals surface area contributed by atoms with Gasteiger partial charge in [-0.1, -0.05) is 37.3 Å². The Morgan fingerprint density at radius 2 is 1.95 bits per heavy atom. The van der Waals surface area contributed by atoms with Gasteiger partial charge >= 0.3 is 0 Å². The van der Waals surface area contributed by atoms with E-state index in [2.05, 4.69) is 47.1 Å². The monoisotopic (exact) mass is 334 g/mol. The number of benzene rings is 1. The highest BCUT2D eigenvalue weighted by atomic mass is 79.9. The minimum atomic E-state index is 0.587. The summed E-state index contributed by atoms with van der Waals surface area (Å²) in [5.41, 5.74) is 2.35. The van der Waals surface area contributed by atoms with Gasteiger partial charge in [0.2, 0.25) is 0 Å². The van der Waals surface area contributed by atoms with E-state index in [-0.39, 0.29) is 0 Å². The number of methoxy groups -OCH3 is 1. The summed E-state index contributed by atoms with van der Waals surface area (Å²) in [6, 6.07) is 10.2. The fourth-order valence-electron chi connectivity index (χ4n) is 2.06. The molecule has 0 unspecified atom stereocenters. The lowest BCUT2D eigenvalue weighted by atomic mass is 10.1. The summed E-state index contributed by atoms with van der Waals surface area (Å²) in [4.78, 5) is 0. The maximum absolute atomic E-state index is 5.98. The molecule has 0 amide bonds. The Bertz CT molecular complexity index is 541. The summed E-state index contributed by atoms with van der Waals surface area (Å²) in [5.74, 6) is 1.87. The zero-order valence-electron chi connectivity index (χ0n) is 11.9. The van der Waals surface area contributed by atoms with Crippen LogP contribution in [0.2, 0.25) is 0 Å². The van der Waals surface area contributed by atoms with Gasteiger partial charge in [-0.15, -0.1) is 0 Å². The van der Waals surface area contributed by atoms with Gasteiger partial charge in [-0.25, -0.2) is 0 Å². The van der Waals surface area contributed by atoms with E-state index in [1.807, 2.05) is 18.2 Å². The fourth-order valence-corrected chi connectivity index (χ4v) is 2.66. The molecule has 1 aromatic carbocycles. The first-order chi connectivity index (χ1) is 9.74. The number of hydrogen-bond acceptors (Lipinski definition) is 2. The average molecular weight is 335 g/mol. The van der Waals surface area contributed by atoms with Crippen molar-refractivity contribution in [3.05, 3.63) is 69.6 Å². The molecule has 0 aliphatic heterocycles. The number of allylic oxidation sites excluding steroid dienone is 4. The third kappa shape index (κ3) is 3.76. The lowest BCUT2D eigenvalue weighted by Crippen LogP contribution is -1.97. The van der Waals surface area contributed by atoms with Crippen molar-refractivity contribution < 1.29 is 9.47 Å². The minimum absolute atomic E-state index is 0.587. The van der Waals surface area contributed by atoms with E-state index in [0.717, 1.165) is 28.8 Å². The van der Waals surface area contributed by atoms with Crippen LogP contribution in [0.1, 0.15) is 25.3 Å². The van der Waals surface area contributed by atoms with Gasteiger partial charge in [-0.05, 0) is 45.6 Å². The van der Waals surface area contributed by atoms with Crippen molar-refractivity contribution in [3.63, 3.8) is 0 Å². The van der Waals surface area contributed by atoms with Crippen LogP contribution in [0.15, 0.2) is 64.1 Å². The molecule has 1 aliphatic carbocycles. The predicted molar refractivity (Wildman–Crippen MR) is 85.3 cm³/mol. The van der Waals surface area contributed by atoms with Crippen molar-refractivity contribution >= 4 is 15.9 Å². The molecule has 0 saturated carbocycles. The second-order valence-corrected chi connectivity index (χ2v) is 5.40. The molecule has 0 N–H and O–H groups in total. The van der Waals surface area contributed by atoms with E-state index in [1.165, 1.54) is 11.1 Å². The summed E-state index contributed by atoms with van der Waals surface area (Å²) < 4.78 is 12.4. The Morgan fingerprint density at radius 1 is 1.20 bits per heavy atom. The van der Waals surface area contributed by atoms with Crippen LogP contribution in [0.25, 0.3) is 0 Å². The maximum atomic E-state index is 5.98. The second-order valence-electron chi connectivity index (χ2n) is 4.55. The van der Waals surface area contributed by atoms with Crippen molar-refractivity contribution in [1.29, 1.82) is 0 Å². The number of ether oxygens (including phenoxy) is 2. The third-order valence-electron chi connectivity index (χ3n) is 3.22. The van der Waals surface area contributed by atoms with Crippen LogP contribution >= 0.6 is 15.9 Å². The SMILES string of the molecule is CCC1=CC(Br)=C(OC)CC=C1OCc1ccccc1. The normalized spacial score (nSPS) is 15.3. The smallest absolute Gasteiger partial charge is 0.119 e. The highest BCUT2D eigenvalue weighted by Gasteiger charge is 2.13. The van der Waals surface area contributed by atoms with Crippen molar-refractivity contribution in [2.45, 2.75) is 26.4 Å². The molecule has 1 aliphatic rings. The lowest BCUT2D eigenvalue weighted by Gasteiger charge is -2.12. The minimum Gasteiger partial charge on any atom is -0.500 e. The Kier molecular flexibility index (Phi) is 5.48. The Balaban J connectivity index is 2.11. The van der Waals surface area contributed by atoms with Gasteiger partial charge in [-0.2, -0.15) is 0 Å². The van der Waals surface area contributed by atoms with E-state index >= 15 is 0 Å². The highest BCUT2D eigenvalue weighted by Crippen LogP contribution is 2.29. The van der Waals surface area contributed by atoms with Gasteiger partial charge in [0.1, 0.15) is 18.1 Å². The summed E-state index contributed by atoms with van der Waals surface area (Å²) in [5, 5.41) is 0. The van der Waals surface area contributed by atoms with Crippen molar-refractivity contribution in [2.75, 3.05) is 7.11 Å². The quantitative estimate of drug-likeness (QED) is 0.747. The first-order valence-corrected chi connectivity index (χ1v) is 7.54. The molecule has 0 heterocycles. The van der Waals surface area contributed by atoms with Gasteiger partial charge < -0.3 is 9.47 Å². The molecule has 0 spiro atoms.